The van der Waals surface area contributed by atoms with E-state index in [4.69, 9.17) is 4.74 Å². The van der Waals surface area contributed by atoms with Crippen LogP contribution in [0.2, 0.25) is 0 Å². The van der Waals surface area contributed by atoms with Crippen LogP contribution < -0.4 is 15.4 Å². The van der Waals surface area contributed by atoms with Crippen molar-refractivity contribution in [3.8, 4) is 5.75 Å². The number of nitrogens with one attached hydrogen (secondary N) is 2. The highest BCUT2D eigenvalue weighted by Gasteiger charge is 2.27. The van der Waals surface area contributed by atoms with E-state index in [1.807, 2.05) is 61.5 Å². The van der Waals surface area contributed by atoms with Crippen molar-refractivity contribution in [2.24, 2.45) is 0 Å². The maximum Gasteiger partial charge on any atom is 0.321 e. The molecule has 2 aromatic carbocycles. The molecule has 4 rings (SSSR count). The van der Waals surface area contributed by atoms with Crippen molar-refractivity contribution < 1.29 is 14.3 Å². The van der Waals surface area contributed by atoms with Gasteiger partial charge >= 0.3 is 6.03 Å². The van der Waals surface area contributed by atoms with Crippen molar-refractivity contribution in [3.63, 3.8) is 0 Å². The molecule has 166 valence electrons. The number of carbonyl (C=O) groups excluding carboxylic acids is 2. The van der Waals surface area contributed by atoms with Crippen LogP contribution in [0.25, 0.3) is 0 Å². The van der Waals surface area contributed by atoms with E-state index in [0.717, 1.165) is 23.5 Å². The quantitative estimate of drug-likeness (QED) is 0.571. The van der Waals surface area contributed by atoms with Crippen molar-refractivity contribution in [1.29, 1.82) is 0 Å². The highest BCUT2D eigenvalue weighted by molar-refractivity contribution is 7.13. The molecule has 1 fully saturated rings. The topological polar surface area (TPSA) is 96.4 Å². The van der Waals surface area contributed by atoms with E-state index in [-0.39, 0.29) is 17.9 Å². The largest absolute Gasteiger partial charge is 0.492 e. The summed E-state index contributed by atoms with van der Waals surface area (Å²) in [6, 6.07) is 16.5. The summed E-state index contributed by atoms with van der Waals surface area (Å²) in [5.41, 5.74) is 1.39. The first-order valence-corrected chi connectivity index (χ1v) is 11.4. The van der Waals surface area contributed by atoms with E-state index < -0.39 is 0 Å². The van der Waals surface area contributed by atoms with Crippen molar-refractivity contribution >= 4 is 34.6 Å². The van der Waals surface area contributed by atoms with E-state index in [2.05, 4.69) is 20.8 Å². The maximum absolute atomic E-state index is 12.7. The number of aromatic nitrogens is 2. The van der Waals surface area contributed by atoms with Gasteiger partial charge in [0, 0.05) is 24.7 Å². The third-order valence-electron chi connectivity index (χ3n) is 5.23. The monoisotopic (exact) mass is 451 g/mol. The van der Waals surface area contributed by atoms with E-state index in [0.29, 0.717) is 36.1 Å². The number of piperidine rings is 1. The molecule has 1 aliphatic rings. The van der Waals surface area contributed by atoms with Gasteiger partial charge in [0.1, 0.15) is 10.8 Å². The number of benzene rings is 2. The van der Waals surface area contributed by atoms with Crippen LogP contribution in [0, 0.1) is 0 Å². The average molecular weight is 452 g/mol. The third kappa shape index (κ3) is 5.23. The minimum atomic E-state index is -0.260. The Balaban J connectivity index is 1.31. The lowest BCUT2D eigenvalue weighted by Crippen LogP contribution is -2.40. The zero-order valence-corrected chi connectivity index (χ0v) is 18.6. The van der Waals surface area contributed by atoms with Crippen LogP contribution in [0.15, 0.2) is 54.6 Å². The highest BCUT2D eigenvalue weighted by Crippen LogP contribution is 2.31. The summed E-state index contributed by atoms with van der Waals surface area (Å²) in [5, 5.41) is 15.3. The SMILES string of the molecule is CCOc1ccccc1NC(=O)N1CCC(c2nnc(C(=O)Nc3ccccc3)s2)CC1. The summed E-state index contributed by atoms with van der Waals surface area (Å²) < 4.78 is 5.58. The number of nitrogens with zero attached hydrogens (tertiary/aromatic N) is 3. The molecule has 0 atom stereocenters. The molecule has 1 aliphatic heterocycles. The van der Waals surface area contributed by atoms with Crippen LogP contribution >= 0.6 is 11.3 Å². The first-order chi connectivity index (χ1) is 15.6. The molecule has 9 heteroatoms. The van der Waals surface area contributed by atoms with Crippen molar-refractivity contribution in [3.05, 3.63) is 64.6 Å². The summed E-state index contributed by atoms with van der Waals surface area (Å²) in [7, 11) is 0. The van der Waals surface area contributed by atoms with Gasteiger partial charge in [0.15, 0.2) is 0 Å². The van der Waals surface area contributed by atoms with Crippen LogP contribution in [0.5, 0.6) is 5.75 Å². The number of rotatable bonds is 6. The van der Waals surface area contributed by atoms with Gasteiger partial charge in [-0.3, -0.25) is 4.79 Å². The fraction of sp³-hybridized carbons (Fsp3) is 0.304. The lowest BCUT2D eigenvalue weighted by Gasteiger charge is -2.31. The molecule has 3 amide bonds. The second kappa shape index (κ2) is 10.2. The molecular weight excluding hydrogens is 426 g/mol. The second-order valence-corrected chi connectivity index (χ2v) is 8.40. The number of hydrogen-bond donors (Lipinski definition) is 2. The van der Waals surface area contributed by atoms with E-state index >= 15 is 0 Å². The normalized spacial score (nSPS) is 14.1. The van der Waals surface area contributed by atoms with Crippen molar-refractivity contribution in [2.45, 2.75) is 25.7 Å². The smallest absolute Gasteiger partial charge is 0.321 e. The van der Waals surface area contributed by atoms with Gasteiger partial charge in [-0.05, 0) is 44.0 Å². The Morgan fingerprint density at radius 3 is 2.50 bits per heavy atom. The molecule has 0 saturated carbocycles. The third-order valence-corrected chi connectivity index (χ3v) is 6.31. The van der Waals surface area contributed by atoms with Gasteiger partial charge in [-0.1, -0.05) is 41.7 Å². The van der Waals surface area contributed by atoms with Gasteiger partial charge in [0.2, 0.25) is 5.01 Å². The summed E-state index contributed by atoms with van der Waals surface area (Å²) >= 11 is 1.32. The Kier molecular flexibility index (Phi) is 6.96. The predicted molar refractivity (Wildman–Crippen MR) is 124 cm³/mol. The maximum atomic E-state index is 12.7. The standard InChI is InChI=1S/C23H25N5O3S/c1-2-31-19-11-7-6-10-18(19)25-23(30)28-14-12-16(13-15-28)21-26-27-22(32-21)20(29)24-17-8-4-3-5-9-17/h3-11,16H,2,12-15H2,1H3,(H,24,29)(H,25,30). The van der Waals surface area contributed by atoms with Crippen LogP contribution in [0.1, 0.15) is 40.5 Å². The van der Waals surface area contributed by atoms with Gasteiger partial charge < -0.3 is 20.3 Å². The molecule has 1 aromatic heterocycles. The molecule has 3 aromatic rings. The second-order valence-electron chi connectivity index (χ2n) is 7.39. The Bertz CT molecular complexity index is 1060. The van der Waals surface area contributed by atoms with Gasteiger partial charge in [-0.25, -0.2) is 4.79 Å². The molecule has 0 unspecified atom stereocenters. The summed E-state index contributed by atoms with van der Waals surface area (Å²) in [6.07, 6.45) is 1.55. The summed E-state index contributed by atoms with van der Waals surface area (Å²) in [4.78, 5) is 26.9. The van der Waals surface area contributed by atoms with Crippen molar-refractivity contribution in [2.75, 3.05) is 30.3 Å². The first kappa shape index (κ1) is 21.8. The molecule has 0 radical (unpaired) electrons. The molecular formula is C23H25N5O3S. The fourth-order valence-electron chi connectivity index (χ4n) is 3.57. The molecule has 0 aliphatic carbocycles. The molecule has 2 N–H and O–H groups in total. The lowest BCUT2D eigenvalue weighted by atomic mass is 9.98. The fourth-order valence-corrected chi connectivity index (χ4v) is 4.48. The average Bonchev–Trinajstić information content (AvgIpc) is 3.32. The van der Waals surface area contributed by atoms with Crippen LogP contribution in [0.3, 0.4) is 0 Å². The highest BCUT2D eigenvalue weighted by atomic mass is 32.1. The Morgan fingerprint density at radius 1 is 1.03 bits per heavy atom. The first-order valence-electron chi connectivity index (χ1n) is 10.6. The minimum Gasteiger partial charge on any atom is -0.492 e. The number of para-hydroxylation sites is 3. The van der Waals surface area contributed by atoms with Crippen LogP contribution in [-0.2, 0) is 0 Å². The van der Waals surface area contributed by atoms with Gasteiger partial charge in [-0.15, -0.1) is 10.2 Å². The minimum absolute atomic E-state index is 0.143. The number of likely N-dealkylation sites (tertiary alicyclic amines) is 1. The molecule has 8 nitrogen and oxygen atoms in total. The van der Waals surface area contributed by atoms with Gasteiger partial charge in [-0.2, -0.15) is 0 Å². The summed E-state index contributed by atoms with van der Waals surface area (Å²) in [6.45, 7) is 3.66. The van der Waals surface area contributed by atoms with E-state index in [1.165, 1.54) is 11.3 Å². The van der Waals surface area contributed by atoms with Gasteiger partial charge in [0.25, 0.3) is 5.91 Å². The van der Waals surface area contributed by atoms with Crippen LogP contribution in [0.4, 0.5) is 16.2 Å². The summed E-state index contributed by atoms with van der Waals surface area (Å²) in [5.74, 6) is 0.587. The van der Waals surface area contributed by atoms with Crippen molar-refractivity contribution in [1.82, 2.24) is 15.1 Å². The van der Waals surface area contributed by atoms with E-state index in [9.17, 15) is 9.59 Å². The Morgan fingerprint density at radius 2 is 1.75 bits per heavy atom. The number of hydrogen-bond acceptors (Lipinski definition) is 6. The number of amides is 3. The molecule has 0 bridgehead atoms. The number of anilines is 2. The zero-order valence-electron chi connectivity index (χ0n) is 17.8. The number of carbonyl (C=O) groups is 2. The number of ether oxygens (including phenoxy) is 1. The molecule has 1 saturated heterocycles. The lowest BCUT2D eigenvalue weighted by molar-refractivity contribution is 0.102. The molecule has 2 heterocycles. The zero-order chi connectivity index (χ0) is 22.3. The van der Waals surface area contributed by atoms with Crippen LogP contribution in [-0.4, -0.2) is 46.7 Å². The Labute approximate surface area is 190 Å². The molecule has 0 spiro atoms. The number of urea groups is 1. The predicted octanol–water partition coefficient (Wildman–Crippen LogP) is 4.60. The van der Waals surface area contributed by atoms with E-state index in [1.54, 1.807) is 4.90 Å². The molecule has 32 heavy (non-hydrogen) atoms. The Hall–Kier alpha value is -3.46. The van der Waals surface area contributed by atoms with Gasteiger partial charge in [0.05, 0.1) is 12.3 Å².